The first-order valence-electron chi connectivity index (χ1n) is 6.05. The highest BCUT2D eigenvalue weighted by atomic mass is 16.5. The van der Waals surface area contributed by atoms with Crippen molar-refractivity contribution in [3.05, 3.63) is 35.9 Å². The van der Waals surface area contributed by atoms with Gasteiger partial charge in [0.05, 0.1) is 19.4 Å². The number of hydrogen-bond donors (Lipinski definition) is 1. The number of benzene rings is 1. The van der Waals surface area contributed by atoms with Crippen molar-refractivity contribution in [1.82, 2.24) is 0 Å². The number of ether oxygens (including phenoxy) is 1. The van der Waals surface area contributed by atoms with Crippen molar-refractivity contribution in [1.29, 1.82) is 0 Å². The predicted octanol–water partition coefficient (Wildman–Crippen LogP) is 2.59. The lowest BCUT2D eigenvalue weighted by Crippen LogP contribution is -2.13. The molecule has 18 heavy (non-hydrogen) atoms. The summed E-state index contributed by atoms with van der Waals surface area (Å²) in [6, 6.07) is 9.84. The fourth-order valence-corrected chi connectivity index (χ4v) is 1.65. The van der Waals surface area contributed by atoms with Gasteiger partial charge in [-0.25, -0.2) is 0 Å². The molecule has 1 atom stereocenters. The first-order valence-corrected chi connectivity index (χ1v) is 6.05. The minimum Gasteiger partial charge on any atom is -0.481 e. The number of carboxylic acid groups (broad SMARTS) is 1. The van der Waals surface area contributed by atoms with Crippen LogP contribution in [0.15, 0.2) is 30.3 Å². The maximum atomic E-state index is 11.3. The van der Waals surface area contributed by atoms with E-state index in [0.29, 0.717) is 6.61 Å². The lowest BCUT2D eigenvalue weighted by atomic mass is 9.98. The SMILES string of the molecule is CCC(COC(=O)CCC(=O)O)c1ccccc1. The zero-order chi connectivity index (χ0) is 13.4. The van der Waals surface area contributed by atoms with E-state index in [2.05, 4.69) is 0 Å². The Morgan fingerprint density at radius 1 is 1.22 bits per heavy atom. The van der Waals surface area contributed by atoms with Crippen molar-refractivity contribution in [3.63, 3.8) is 0 Å². The molecule has 0 spiro atoms. The second-order valence-corrected chi connectivity index (χ2v) is 4.09. The molecule has 1 rings (SSSR count). The first kappa shape index (κ1) is 14.2. The highest BCUT2D eigenvalue weighted by Gasteiger charge is 2.13. The van der Waals surface area contributed by atoms with E-state index in [-0.39, 0.29) is 18.8 Å². The molecule has 1 aromatic rings. The second kappa shape index (κ2) is 7.48. The molecule has 0 bridgehead atoms. The van der Waals surface area contributed by atoms with Crippen LogP contribution < -0.4 is 0 Å². The topological polar surface area (TPSA) is 63.6 Å². The summed E-state index contributed by atoms with van der Waals surface area (Å²) in [5.41, 5.74) is 1.13. The largest absolute Gasteiger partial charge is 0.481 e. The third-order valence-corrected chi connectivity index (χ3v) is 2.75. The van der Waals surface area contributed by atoms with Crippen LogP contribution in [0, 0.1) is 0 Å². The summed E-state index contributed by atoms with van der Waals surface area (Å²) in [4.78, 5) is 21.6. The van der Waals surface area contributed by atoms with Gasteiger partial charge in [-0.05, 0) is 12.0 Å². The molecule has 0 saturated heterocycles. The predicted molar refractivity (Wildman–Crippen MR) is 67.3 cm³/mol. The molecule has 0 aliphatic heterocycles. The Morgan fingerprint density at radius 2 is 1.89 bits per heavy atom. The molecule has 0 aliphatic rings. The quantitative estimate of drug-likeness (QED) is 0.755. The van der Waals surface area contributed by atoms with E-state index in [9.17, 15) is 9.59 Å². The van der Waals surface area contributed by atoms with Crippen molar-refractivity contribution in [2.24, 2.45) is 0 Å². The van der Waals surface area contributed by atoms with Gasteiger partial charge in [0.1, 0.15) is 0 Å². The van der Waals surface area contributed by atoms with Crippen molar-refractivity contribution in [2.75, 3.05) is 6.61 Å². The highest BCUT2D eigenvalue weighted by Crippen LogP contribution is 2.19. The van der Waals surface area contributed by atoms with Crippen molar-refractivity contribution in [2.45, 2.75) is 32.1 Å². The molecule has 0 saturated carbocycles. The number of hydrogen-bond acceptors (Lipinski definition) is 3. The summed E-state index contributed by atoms with van der Waals surface area (Å²) in [5.74, 6) is -1.27. The van der Waals surface area contributed by atoms with Crippen LogP contribution in [-0.2, 0) is 14.3 Å². The Labute approximate surface area is 107 Å². The molecule has 0 fully saturated rings. The Kier molecular flexibility index (Phi) is 5.91. The number of rotatable bonds is 7. The molecule has 0 aromatic heterocycles. The summed E-state index contributed by atoms with van der Waals surface area (Å²) >= 11 is 0. The van der Waals surface area contributed by atoms with E-state index in [1.807, 2.05) is 37.3 Å². The number of carboxylic acids is 1. The van der Waals surface area contributed by atoms with Crippen LogP contribution >= 0.6 is 0 Å². The molecule has 4 heteroatoms. The molecule has 1 unspecified atom stereocenters. The molecule has 0 aliphatic carbocycles. The summed E-state index contributed by atoms with van der Waals surface area (Å²) in [6.07, 6.45) is 0.623. The van der Waals surface area contributed by atoms with Gasteiger partial charge < -0.3 is 9.84 Å². The summed E-state index contributed by atoms with van der Waals surface area (Å²) in [5, 5.41) is 8.46. The van der Waals surface area contributed by atoms with Gasteiger partial charge in [-0.2, -0.15) is 0 Å². The van der Waals surface area contributed by atoms with Crippen molar-refractivity contribution in [3.8, 4) is 0 Å². The second-order valence-electron chi connectivity index (χ2n) is 4.09. The number of carbonyl (C=O) groups excluding carboxylic acids is 1. The normalized spacial score (nSPS) is 11.8. The van der Waals surface area contributed by atoms with Crippen LogP contribution in [-0.4, -0.2) is 23.7 Å². The molecule has 98 valence electrons. The number of aliphatic carboxylic acids is 1. The van der Waals surface area contributed by atoms with Crippen LogP contribution in [0.4, 0.5) is 0 Å². The Morgan fingerprint density at radius 3 is 2.44 bits per heavy atom. The Hall–Kier alpha value is -1.84. The Balaban J connectivity index is 2.41. The lowest BCUT2D eigenvalue weighted by molar-refractivity contribution is -0.148. The van der Waals surface area contributed by atoms with Crippen LogP contribution in [0.25, 0.3) is 0 Å². The van der Waals surface area contributed by atoms with Crippen molar-refractivity contribution >= 4 is 11.9 Å². The molecule has 0 heterocycles. The van der Waals surface area contributed by atoms with E-state index in [1.54, 1.807) is 0 Å². The molecule has 0 amide bonds. The zero-order valence-electron chi connectivity index (χ0n) is 10.5. The standard InChI is InChI=1S/C14H18O4/c1-2-11(12-6-4-3-5-7-12)10-18-14(17)9-8-13(15)16/h3-7,11H,2,8-10H2,1H3,(H,15,16). The fourth-order valence-electron chi connectivity index (χ4n) is 1.65. The van der Waals surface area contributed by atoms with E-state index < -0.39 is 11.9 Å². The van der Waals surface area contributed by atoms with Crippen LogP contribution in [0.3, 0.4) is 0 Å². The number of esters is 1. The smallest absolute Gasteiger partial charge is 0.306 e. The first-order chi connectivity index (χ1) is 8.63. The molecule has 1 aromatic carbocycles. The van der Waals surface area contributed by atoms with Gasteiger partial charge in [0.2, 0.25) is 0 Å². The average Bonchev–Trinajstić information content (AvgIpc) is 2.38. The summed E-state index contributed by atoms with van der Waals surface area (Å²) < 4.78 is 5.10. The van der Waals surface area contributed by atoms with Gasteiger partial charge in [-0.3, -0.25) is 9.59 Å². The molecular formula is C14H18O4. The minimum absolute atomic E-state index is 0.0689. The van der Waals surface area contributed by atoms with Crippen LogP contribution in [0.2, 0.25) is 0 Å². The van der Waals surface area contributed by atoms with Gasteiger partial charge in [-0.15, -0.1) is 0 Å². The summed E-state index contributed by atoms with van der Waals surface area (Å²) in [7, 11) is 0. The lowest BCUT2D eigenvalue weighted by Gasteiger charge is -2.15. The van der Waals surface area contributed by atoms with Crippen molar-refractivity contribution < 1.29 is 19.4 Å². The minimum atomic E-state index is -0.984. The van der Waals surface area contributed by atoms with Gasteiger partial charge >= 0.3 is 11.9 Å². The Bertz CT molecular complexity index is 386. The van der Waals surface area contributed by atoms with Gasteiger partial charge in [0, 0.05) is 5.92 Å². The fraction of sp³-hybridized carbons (Fsp3) is 0.429. The van der Waals surface area contributed by atoms with Gasteiger partial charge in [-0.1, -0.05) is 37.3 Å². The van der Waals surface area contributed by atoms with Gasteiger partial charge in [0.25, 0.3) is 0 Å². The van der Waals surface area contributed by atoms with E-state index in [4.69, 9.17) is 9.84 Å². The van der Waals surface area contributed by atoms with E-state index >= 15 is 0 Å². The van der Waals surface area contributed by atoms with Crippen LogP contribution in [0.5, 0.6) is 0 Å². The number of carbonyl (C=O) groups is 2. The monoisotopic (exact) mass is 250 g/mol. The third-order valence-electron chi connectivity index (χ3n) is 2.75. The zero-order valence-corrected chi connectivity index (χ0v) is 10.5. The molecule has 4 nitrogen and oxygen atoms in total. The van der Waals surface area contributed by atoms with E-state index in [0.717, 1.165) is 12.0 Å². The maximum absolute atomic E-state index is 11.3. The highest BCUT2D eigenvalue weighted by molar-refractivity contribution is 5.76. The maximum Gasteiger partial charge on any atom is 0.306 e. The molecule has 1 N–H and O–H groups in total. The van der Waals surface area contributed by atoms with E-state index in [1.165, 1.54) is 0 Å². The summed E-state index contributed by atoms with van der Waals surface area (Å²) in [6.45, 7) is 2.34. The third kappa shape index (κ3) is 4.99. The van der Waals surface area contributed by atoms with Crippen LogP contribution in [0.1, 0.15) is 37.7 Å². The average molecular weight is 250 g/mol. The molecular weight excluding hydrogens is 232 g/mol. The van der Waals surface area contributed by atoms with Gasteiger partial charge in [0.15, 0.2) is 0 Å². The molecule has 0 radical (unpaired) electrons.